The number of hydrogen-bond donors (Lipinski definition) is 1. The summed E-state index contributed by atoms with van der Waals surface area (Å²) in [6, 6.07) is 13.4. The molecular formula is C18H21ClFN. The normalized spacial score (nSPS) is 14.0. The summed E-state index contributed by atoms with van der Waals surface area (Å²) in [5, 5.41) is 3.96. The second-order valence-electron chi connectivity index (χ2n) is 5.37. The highest BCUT2D eigenvalue weighted by molar-refractivity contribution is 6.31. The summed E-state index contributed by atoms with van der Waals surface area (Å²) in [4.78, 5) is 0. The molecule has 2 unspecified atom stereocenters. The lowest BCUT2D eigenvalue weighted by Gasteiger charge is -2.22. The monoisotopic (exact) mass is 305 g/mol. The molecule has 0 aliphatic rings. The average Bonchev–Trinajstić information content (AvgIpc) is 2.47. The Morgan fingerprint density at radius 2 is 1.71 bits per heavy atom. The molecule has 0 amide bonds. The molecule has 3 heteroatoms. The standard InChI is InChI=1S/C18H21ClFN/c1-4-14-5-7-15(8-6-14)12(2)21-13(3)17-10-9-16(20)11-18(17)19/h5-13,21H,4H2,1-3H3. The molecule has 1 N–H and O–H groups in total. The maximum atomic E-state index is 13.1. The van der Waals surface area contributed by atoms with E-state index in [4.69, 9.17) is 11.6 Å². The van der Waals surface area contributed by atoms with Crippen LogP contribution in [0, 0.1) is 5.82 Å². The van der Waals surface area contributed by atoms with Gasteiger partial charge in [-0.25, -0.2) is 4.39 Å². The smallest absolute Gasteiger partial charge is 0.124 e. The van der Waals surface area contributed by atoms with E-state index in [2.05, 4.69) is 43.4 Å². The minimum atomic E-state index is -0.306. The minimum absolute atomic E-state index is 0.0546. The number of nitrogens with one attached hydrogen (secondary N) is 1. The van der Waals surface area contributed by atoms with Crippen molar-refractivity contribution >= 4 is 11.6 Å². The topological polar surface area (TPSA) is 12.0 Å². The second-order valence-corrected chi connectivity index (χ2v) is 5.78. The lowest BCUT2D eigenvalue weighted by molar-refractivity contribution is 0.494. The van der Waals surface area contributed by atoms with Crippen LogP contribution in [0.25, 0.3) is 0 Å². The van der Waals surface area contributed by atoms with E-state index in [0.717, 1.165) is 12.0 Å². The predicted octanol–water partition coefficient (Wildman–Crippen LogP) is 5.45. The van der Waals surface area contributed by atoms with Crippen LogP contribution < -0.4 is 5.32 Å². The Balaban J connectivity index is 2.08. The molecule has 0 heterocycles. The van der Waals surface area contributed by atoms with Gasteiger partial charge in [0.1, 0.15) is 5.82 Å². The zero-order valence-electron chi connectivity index (χ0n) is 12.7. The Bertz CT molecular complexity index is 595. The Hall–Kier alpha value is -1.38. The molecule has 0 saturated heterocycles. The Labute approximate surface area is 131 Å². The maximum absolute atomic E-state index is 13.1. The molecule has 0 aliphatic heterocycles. The van der Waals surface area contributed by atoms with E-state index in [9.17, 15) is 4.39 Å². The van der Waals surface area contributed by atoms with Gasteiger partial charge in [-0.2, -0.15) is 0 Å². The predicted molar refractivity (Wildman–Crippen MR) is 87.2 cm³/mol. The second kappa shape index (κ2) is 7.06. The molecule has 2 atom stereocenters. The number of halogens is 2. The summed E-state index contributed by atoms with van der Waals surface area (Å²) in [6.45, 7) is 6.31. The molecule has 0 radical (unpaired) electrons. The van der Waals surface area contributed by atoms with Crippen LogP contribution in [0.5, 0.6) is 0 Å². The van der Waals surface area contributed by atoms with Crippen LogP contribution in [0.2, 0.25) is 5.02 Å². The van der Waals surface area contributed by atoms with Gasteiger partial charge in [0.2, 0.25) is 0 Å². The highest BCUT2D eigenvalue weighted by Crippen LogP contribution is 2.26. The van der Waals surface area contributed by atoms with Gasteiger partial charge in [-0.3, -0.25) is 0 Å². The quantitative estimate of drug-likeness (QED) is 0.774. The van der Waals surface area contributed by atoms with E-state index < -0.39 is 0 Å². The van der Waals surface area contributed by atoms with Crippen molar-refractivity contribution < 1.29 is 4.39 Å². The molecule has 21 heavy (non-hydrogen) atoms. The highest BCUT2D eigenvalue weighted by atomic mass is 35.5. The van der Waals surface area contributed by atoms with E-state index in [1.54, 1.807) is 6.07 Å². The first-order chi connectivity index (χ1) is 10.0. The van der Waals surface area contributed by atoms with Crippen LogP contribution >= 0.6 is 11.6 Å². The average molecular weight is 306 g/mol. The van der Waals surface area contributed by atoms with Gasteiger partial charge in [0.15, 0.2) is 0 Å². The van der Waals surface area contributed by atoms with Gasteiger partial charge < -0.3 is 5.32 Å². The fraction of sp³-hybridized carbons (Fsp3) is 0.333. The maximum Gasteiger partial charge on any atom is 0.124 e. The molecule has 112 valence electrons. The van der Waals surface area contributed by atoms with Gasteiger partial charge in [0.05, 0.1) is 0 Å². The Morgan fingerprint density at radius 1 is 1.05 bits per heavy atom. The van der Waals surface area contributed by atoms with E-state index in [1.807, 2.05) is 6.92 Å². The van der Waals surface area contributed by atoms with Gasteiger partial charge >= 0.3 is 0 Å². The van der Waals surface area contributed by atoms with Gasteiger partial charge in [-0.1, -0.05) is 48.9 Å². The first-order valence-electron chi connectivity index (χ1n) is 7.31. The summed E-state index contributed by atoms with van der Waals surface area (Å²) >= 11 is 6.11. The molecular weight excluding hydrogens is 285 g/mol. The van der Waals surface area contributed by atoms with E-state index in [-0.39, 0.29) is 17.9 Å². The summed E-state index contributed by atoms with van der Waals surface area (Å²) in [6.07, 6.45) is 1.05. The molecule has 0 aromatic heterocycles. The van der Waals surface area contributed by atoms with Crippen molar-refractivity contribution in [2.24, 2.45) is 0 Å². The highest BCUT2D eigenvalue weighted by Gasteiger charge is 2.14. The third-order valence-electron chi connectivity index (χ3n) is 3.82. The zero-order chi connectivity index (χ0) is 15.4. The first-order valence-corrected chi connectivity index (χ1v) is 7.69. The summed E-state index contributed by atoms with van der Waals surface area (Å²) < 4.78 is 13.1. The zero-order valence-corrected chi connectivity index (χ0v) is 13.4. The van der Waals surface area contributed by atoms with E-state index in [1.165, 1.54) is 23.3 Å². The van der Waals surface area contributed by atoms with Crippen LogP contribution in [-0.4, -0.2) is 0 Å². The van der Waals surface area contributed by atoms with E-state index in [0.29, 0.717) is 5.02 Å². The molecule has 2 aromatic rings. The van der Waals surface area contributed by atoms with Crippen molar-refractivity contribution in [1.29, 1.82) is 0 Å². The first kappa shape index (κ1) is 16.0. The molecule has 2 rings (SSSR count). The van der Waals surface area contributed by atoms with Crippen molar-refractivity contribution in [1.82, 2.24) is 5.32 Å². The summed E-state index contributed by atoms with van der Waals surface area (Å²) in [7, 11) is 0. The van der Waals surface area contributed by atoms with E-state index >= 15 is 0 Å². The van der Waals surface area contributed by atoms with Gasteiger partial charge in [-0.15, -0.1) is 0 Å². The van der Waals surface area contributed by atoms with Crippen LogP contribution in [0.15, 0.2) is 42.5 Å². The van der Waals surface area contributed by atoms with Crippen molar-refractivity contribution in [2.75, 3.05) is 0 Å². The van der Waals surface area contributed by atoms with Gasteiger partial charge in [-0.05, 0) is 49.1 Å². The van der Waals surface area contributed by atoms with Crippen LogP contribution in [0.4, 0.5) is 4.39 Å². The van der Waals surface area contributed by atoms with Gasteiger partial charge in [0.25, 0.3) is 0 Å². The van der Waals surface area contributed by atoms with Crippen LogP contribution in [0.3, 0.4) is 0 Å². The SMILES string of the molecule is CCc1ccc(C(C)NC(C)c2ccc(F)cc2Cl)cc1. The molecule has 0 bridgehead atoms. The molecule has 0 aliphatic carbocycles. The largest absolute Gasteiger partial charge is 0.304 e. The minimum Gasteiger partial charge on any atom is -0.304 e. The molecule has 0 spiro atoms. The lowest BCUT2D eigenvalue weighted by Crippen LogP contribution is -2.22. The number of aryl methyl sites for hydroxylation is 1. The van der Waals surface area contributed by atoms with Crippen molar-refractivity contribution in [3.8, 4) is 0 Å². The van der Waals surface area contributed by atoms with Gasteiger partial charge in [0, 0.05) is 17.1 Å². The van der Waals surface area contributed by atoms with Crippen LogP contribution in [0.1, 0.15) is 49.5 Å². The Kier molecular flexibility index (Phi) is 5.38. The number of rotatable bonds is 5. The van der Waals surface area contributed by atoms with Crippen LogP contribution in [-0.2, 0) is 6.42 Å². The third-order valence-corrected chi connectivity index (χ3v) is 4.14. The van der Waals surface area contributed by atoms with Crippen molar-refractivity contribution in [3.05, 3.63) is 70.0 Å². The molecule has 0 fully saturated rings. The molecule has 2 aromatic carbocycles. The molecule has 0 saturated carbocycles. The number of hydrogen-bond acceptors (Lipinski definition) is 1. The fourth-order valence-corrected chi connectivity index (χ4v) is 2.79. The third kappa shape index (κ3) is 4.05. The number of benzene rings is 2. The Morgan fingerprint density at radius 3 is 2.29 bits per heavy atom. The summed E-state index contributed by atoms with van der Waals surface area (Å²) in [5.41, 5.74) is 3.48. The summed E-state index contributed by atoms with van der Waals surface area (Å²) in [5.74, 6) is -0.306. The lowest BCUT2D eigenvalue weighted by atomic mass is 10.0. The van der Waals surface area contributed by atoms with Crippen molar-refractivity contribution in [2.45, 2.75) is 39.3 Å². The molecule has 1 nitrogen and oxygen atoms in total. The fourth-order valence-electron chi connectivity index (χ4n) is 2.46. The van der Waals surface area contributed by atoms with Crippen molar-refractivity contribution in [3.63, 3.8) is 0 Å².